The van der Waals surface area contributed by atoms with Crippen molar-refractivity contribution >= 4 is 52.1 Å². The molecule has 0 spiro atoms. The molecule has 0 heterocycles. The van der Waals surface area contributed by atoms with Crippen LogP contribution in [0.2, 0.25) is 0 Å². The van der Waals surface area contributed by atoms with Crippen molar-refractivity contribution in [2.45, 2.75) is 52.7 Å². The van der Waals surface area contributed by atoms with Gasteiger partial charge in [0.05, 0.1) is 0 Å². The Balaban J connectivity index is 0.000000323. The van der Waals surface area contributed by atoms with E-state index in [2.05, 4.69) is 26.6 Å². The highest BCUT2D eigenvalue weighted by Gasteiger charge is 2.17. The van der Waals surface area contributed by atoms with Crippen LogP contribution in [-0.2, 0) is 9.47 Å². The molecule has 2 aromatic carbocycles. The fourth-order valence-corrected chi connectivity index (χ4v) is 2.38. The van der Waals surface area contributed by atoms with Gasteiger partial charge in [-0.15, -0.1) is 0 Å². The normalized spacial score (nSPS) is 10.9. The second-order valence-electron chi connectivity index (χ2n) is 8.76. The third-order valence-electron chi connectivity index (χ3n) is 3.34. The van der Waals surface area contributed by atoms with Gasteiger partial charge in [-0.1, -0.05) is 28.1 Å². The number of hydrogen-bond acceptors (Lipinski definition) is 6. The van der Waals surface area contributed by atoms with E-state index in [1.54, 1.807) is 45.0 Å². The Morgan fingerprint density at radius 2 is 1.09 bits per heavy atom. The number of benzene rings is 2. The van der Waals surface area contributed by atoms with Crippen molar-refractivity contribution in [1.29, 1.82) is 0 Å². The molecule has 4 N–H and O–H groups in total. The van der Waals surface area contributed by atoms with Crippen LogP contribution in [0.4, 0.5) is 21.0 Å². The minimum Gasteiger partial charge on any atom is -0.444 e. The fourth-order valence-electron chi connectivity index (χ4n) is 2.11. The molecule has 8 nitrogen and oxygen atoms in total. The quantitative estimate of drug-likeness (QED) is 0.453. The molecule has 0 aliphatic heterocycles. The number of anilines is 2. The molecule has 0 aliphatic carbocycles. The molecule has 0 saturated heterocycles. The summed E-state index contributed by atoms with van der Waals surface area (Å²) in [5, 5.41) is 23.0. The van der Waals surface area contributed by atoms with E-state index in [9.17, 15) is 9.59 Å². The number of nitrogens with one attached hydrogen (secondary N) is 2. The Hall–Kier alpha value is -2.56. The van der Waals surface area contributed by atoms with Gasteiger partial charge in [-0.25, -0.2) is 9.59 Å². The van der Waals surface area contributed by atoms with Gasteiger partial charge in [-0.2, -0.15) is 0 Å². The van der Waals surface area contributed by atoms with Gasteiger partial charge in [0.2, 0.25) is 0 Å². The molecule has 0 aromatic heterocycles. The molecular formula is C22H30BBrN2O6. The van der Waals surface area contributed by atoms with Crippen LogP contribution in [-0.4, -0.2) is 40.6 Å². The summed E-state index contributed by atoms with van der Waals surface area (Å²) in [5.74, 6) is 0. The smallest absolute Gasteiger partial charge is 0.444 e. The number of rotatable bonds is 3. The zero-order valence-corrected chi connectivity index (χ0v) is 20.7. The molecule has 174 valence electrons. The van der Waals surface area contributed by atoms with E-state index in [0.29, 0.717) is 16.8 Å². The molecule has 2 aromatic rings. The van der Waals surface area contributed by atoms with Crippen molar-refractivity contribution < 1.29 is 29.1 Å². The Morgan fingerprint density at radius 3 is 1.41 bits per heavy atom. The average Bonchev–Trinajstić information content (AvgIpc) is 2.61. The average molecular weight is 509 g/mol. The van der Waals surface area contributed by atoms with E-state index in [0.717, 1.165) is 4.47 Å². The summed E-state index contributed by atoms with van der Waals surface area (Å²) < 4.78 is 11.2. The fraction of sp³-hybridized carbons (Fsp3) is 0.364. The lowest BCUT2D eigenvalue weighted by atomic mass is 9.80. The first-order valence-electron chi connectivity index (χ1n) is 9.86. The van der Waals surface area contributed by atoms with E-state index in [-0.39, 0.29) is 0 Å². The van der Waals surface area contributed by atoms with Gasteiger partial charge in [0.15, 0.2) is 0 Å². The molecule has 0 radical (unpaired) electrons. The van der Waals surface area contributed by atoms with E-state index in [4.69, 9.17) is 19.5 Å². The number of carbonyl (C=O) groups excluding carboxylic acids is 2. The molecule has 0 unspecified atom stereocenters. The van der Waals surface area contributed by atoms with Crippen LogP contribution < -0.4 is 16.1 Å². The summed E-state index contributed by atoms with van der Waals surface area (Å²) in [6.45, 7) is 10.8. The summed E-state index contributed by atoms with van der Waals surface area (Å²) in [6.07, 6.45) is -0.986. The van der Waals surface area contributed by atoms with Gasteiger partial charge < -0.3 is 19.5 Å². The SMILES string of the molecule is CC(C)(C)OC(=O)Nc1ccc(B(O)O)cc1.CC(C)(C)OC(=O)Nc1ccc(Br)cc1. The third-order valence-corrected chi connectivity index (χ3v) is 3.87. The summed E-state index contributed by atoms with van der Waals surface area (Å²) in [6, 6.07) is 13.5. The summed E-state index contributed by atoms with van der Waals surface area (Å²) in [4.78, 5) is 22.8. The van der Waals surface area contributed by atoms with Crippen LogP contribution in [0.15, 0.2) is 53.0 Å². The molecule has 0 atom stereocenters. The Morgan fingerprint density at radius 1 is 0.750 bits per heavy atom. The van der Waals surface area contributed by atoms with Crippen LogP contribution in [0.1, 0.15) is 41.5 Å². The molecular weight excluding hydrogens is 479 g/mol. The molecule has 10 heteroatoms. The number of halogens is 1. The van der Waals surface area contributed by atoms with E-state index >= 15 is 0 Å². The number of hydrogen-bond donors (Lipinski definition) is 4. The molecule has 2 amide bonds. The molecule has 0 aliphatic rings. The minimum absolute atomic E-state index is 0.361. The number of carbonyl (C=O) groups is 2. The molecule has 0 saturated carbocycles. The number of amides is 2. The van der Waals surface area contributed by atoms with Crippen LogP contribution in [0.5, 0.6) is 0 Å². The Bertz CT molecular complexity index is 875. The van der Waals surface area contributed by atoms with Gasteiger partial charge >= 0.3 is 19.3 Å². The van der Waals surface area contributed by atoms with Gasteiger partial charge in [-0.3, -0.25) is 10.6 Å². The Kier molecular flexibility index (Phi) is 10.2. The zero-order chi connectivity index (χ0) is 24.5. The van der Waals surface area contributed by atoms with E-state index in [1.807, 2.05) is 32.9 Å². The molecule has 0 bridgehead atoms. The maximum Gasteiger partial charge on any atom is 0.488 e. The van der Waals surface area contributed by atoms with Gasteiger partial charge in [-0.05, 0) is 83.4 Å². The largest absolute Gasteiger partial charge is 0.488 e. The van der Waals surface area contributed by atoms with E-state index in [1.165, 1.54) is 12.1 Å². The van der Waals surface area contributed by atoms with Crippen molar-refractivity contribution in [3.8, 4) is 0 Å². The maximum absolute atomic E-state index is 11.4. The van der Waals surface area contributed by atoms with Crippen molar-refractivity contribution in [2.24, 2.45) is 0 Å². The standard InChI is InChI=1S/C11H16BNO4.C11H14BrNO2/c1-11(2,3)17-10(14)13-9-6-4-8(5-7-9)12(15)16;1-11(2,3)15-10(14)13-9-6-4-8(12)5-7-9/h4-7,15-16H,1-3H3,(H,13,14);4-7H,1-3H3,(H,13,14). The first-order valence-corrected chi connectivity index (χ1v) is 10.7. The third kappa shape index (κ3) is 12.3. The molecule has 2 rings (SSSR count). The monoisotopic (exact) mass is 508 g/mol. The minimum atomic E-state index is -1.51. The zero-order valence-electron chi connectivity index (χ0n) is 19.1. The predicted octanol–water partition coefficient (Wildman–Crippen LogP) is 4.51. The first kappa shape index (κ1) is 27.5. The summed E-state index contributed by atoms with van der Waals surface area (Å²) in [7, 11) is -1.51. The Labute approximate surface area is 197 Å². The van der Waals surface area contributed by atoms with Crippen molar-refractivity contribution in [3.63, 3.8) is 0 Å². The summed E-state index contributed by atoms with van der Waals surface area (Å²) in [5.41, 5.74) is 0.584. The van der Waals surface area contributed by atoms with Crippen molar-refractivity contribution in [2.75, 3.05) is 10.6 Å². The van der Waals surface area contributed by atoms with Crippen LogP contribution in [0, 0.1) is 0 Å². The molecule has 32 heavy (non-hydrogen) atoms. The van der Waals surface area contributed by atoms with Crippen molar-refractivity contribution in [1.82, 2.24) is 0 Å². The van der Waals surface area contributed by atoms with Crippen LogP contribution in [0.25, 0.3) is 0 Å². The van der Waals surface area contributed by atoms with E-state index < -0.39 is 30.5 Å². The lowest BCUT2D eigenvalue weighted by molar-refractivity contribution is 0.0624. The second-order valence-corrected chi connectivity index (χ2v) is 9.67. The lowest BCUT2D eigenvalue weighted by Crippen LogP contribution is -2.30. The number of ether oxygens (including phenoxy) is 2. The predicted molar refractivity (Wildman–Crippen MR) is 130 cm³/mol. The van der Waals surface area contributed by atoms with Gasteiger partial charge in [0, 0.05) is 15.8 Å². The maximum atomic E-state index is 11.4. The molecule has 0 fully saturated rings. The van der Waals surface area contributed by atoms with Crippen molar-refractivity contribution in [3.05, 3.63) is 53.0 Å². The highest BCUT2D eigenvalue weighted by molar-refractivity contribution is 9.10. The summed E-state index contributed by atoms with van der Waals surface area (Å²) >= 11 is 3.32. The van der Waals surface area contributed by atoms with Crippen LogP contribution >= 0.6 is 15.9 Å². The first-order chi connectivity index (χ1) is 14.6. The second kappa shape index (κ2) is 11.9. The lowest BCUT2D eigenvalue weighted by Gasteiger charge is -2.19. The highest BCUT2D eigenvalue weighted by atomic mass is 79.9. The van der Waals surface area contributed by atoms with Gasteiger partial charge in [0.1, 0.15) is 11.2 Å². The topological polar surface area (TPSA) is 117 Å². The van der Waals surface area contributed by atoms with Crippen LogP contribution in [0.3, 0.4) is 0 Å². The highest BCUT2D eigenvalue weighted by Crippen LogP contribution is 2.15. The van der Waals surface area contributed by atoms with Gasteiger partial charge in [0.25, 0.3) is 0 Å².